The fourth-order valence-corrected chi connectivity index (χ4v) is 3.99. The maximum atomic E-state index is 5.81. The molecule has 11 heteroatoms. The highest BCUT2D eigenvalue weighted by molar-refractivity contribution is 9.10. The number of benzene rings is 1. The number of para-hydroxylation sites is 2. The number of fused-ring (bicyclic) bond motifs is 1. The first-order valence-electron chi connectivity index (χ1n) is 8.33. The van der Waals surface area contributed by atoms with Crippen molar-refractivity contribution in [2.24, 2.45) is 4.99 Å². The minimum absolute atomic E-state index is 0.281. The number of aromatic amines is 1. The lowest BCUT2D eigenvalue weighted by atomic mass is 10.1. The monoisotopic (exact) mass is 456 g/mol. The third-order valence-electron chi connectivity index (χ3n) is 4.18. The summed E-state index contributed by atoms with van der Waals surface area (Å²) in [5.41, 5.74) is 4.86. The van der Waals surface area contributed by atoms with Crippen molar-refractivity contribution < 1.29 is 4.42 Å². The van der Waals surface area contributed by atoms with Gasteiger partial charge in [-0.25, -0.2) is 4.99 Å². The van der Waals surface area contributed by atoms with Crippen LogP contribution < -0.4 is 10.2 Å². The molecule has 0 radical (unpaired) electrons. The number of halogens is 1. The first-order valence-corrected chi connectivity index (χ1v) is 10.0. The van der Waals surface area contributed by atoms with Gasteiger partial charge < -0.3 is 4.42 Å². The molecule has 2 N–H and O–H groups in total. The highest BCUT2D eigenvalue weighted by Crippen LogP contribution is 2.33. The summed E-state index contributed by atoms with van der Waals surface area (Å²) in [4.78, 5) is 11.2. The highest BCUT2D eigenvalue weighted by atomic mass is 79.9. The van der Waals surface area contributed by atoms with E-state index >= 15 is 0 Å². The van der Waals surface area contributed by atoms with Crippen molar-refractivity contribution in [2.75, 3.05) is 10.2 Å². The molecule has 0 saturated carbocycles. The van der Waals surface area contributed by atoms with Gasteiger partial charge in [-0.2, -0.15) is 10.1 Å². The Morgan fingerprint density at radius 2 is 2.21 bits per heavy atom. The smallest absolute Gasteiger partial charge is 0.302 e. The summed E-state index contributed by atoms with van der Waals surface area (Å²) in [5.74, 6) is 0.531. The molecule has 1 aliphatic heterocycles. The standard InChI is InChI=1S/C17H13BrN8OS/c1-9-6-12(14-10(18)7-19-24-14)21-15(26(9)17-25-20-8-28-17)23-16-22-11-4-2-3-5-13(11)27-16/h2-8,12H,1H3,(H,19,24)(H,21,22,23). The Kier molecular flexibility index (Phi) is 4.17. The second-order valence-corrected chi connectivity index (χ2v) is 7.66. The number of aromatic nitrogens is 5. The number of hydrogen-bond acceptors (Lipinski definition) is 9. The molecule has 0 fully saturated rings. The normalized spacial score (nSPS) is 16.9. The zero-order chi connectivity index (χ0) is 19.1. The SMILES string of the molecule is CC1=CC(c2n[nH]cc2Br)N=C(Nc2nc3ccccc3o2)N1c1nncs1. The summed E-state index contributed by atoms with van der Waals surface area (Å²) in [7, 11) is 0. The summed E-state index contributed by atoms with van der Waals surface area (Å²) >= 11 is 4.92. The highest BCUT2D eigenvalue weighted by Gasteiger charge is 2.28. The van der Waals surface area contributed by atoms with E-state index in [9.17, 15) is 0 Å². The van der Waals surface area contributed by atoms with Crippen molar-refractivity contribution in [1.82, 2.24) is 25.4 Å². The minimum atomic E-state index is -0.281. The summed E-state index contributed by atoms with van der Waals surface area (Å²) in [5, 5.41) is 19.2. The quantitative estimate of drug-likeness (QED) is 0.477. The average molecular weight is 457 g/mol. The van der Waals surface area contributed by atoms with Crippen LogP contribution in [0.4, 0.5) is 11.1 Å². The van der Waals surface area contributed by atoms with Crippen molar-refractivity contribution in [3.63, 3.8) is 0 Å². The van der Waals surface area contributed by atoms with E-state index in [1.807, 2.05) is 42.2 Å². The number of nitrogens with one attached hydrogen (secondary N) is 2. The number of H-pyrrole nitrogens is 1. The van der Waals surface area contributed by atoms with Crippen molar-refractivity contribution >= 4 is 55.5 Å². The van der Waals surface area contributed by atoms with Gasteiger partial charge in [-0.3, -0.25) is 15.3 Å². The molecule has 1 atom stereocenters. The molecule has 0 bridgehead atoms. The van der Waals surface area contributed by atoms with Crippen LogP contribution in [0.25, 0.3) is 11.1 Å². The number of hydrogen-bond donors (Lipinski definition) is 2. The van der Waals surface area contributed by atoms with E-state index in [-0.39, 0.29) is 6.04 Å². The summed E-state index contributed by atoms with van der Waals surface area (Å²) < 4.78 is 6.67. The topological polar surface area (TPSA) is 108 Å². The van der Waals surface area contributed by atoms with Crippen molar-refractivity contribution in [3.05, 3.63) is 57.9 Å². The second kappa shape index (κ2) is 6.84. The predicted octanol–water partition coefficient (Wildman–Crippen LogP) is 4.10. The minimum Gasteiger partial charge on any atom is -0.423 e. The van der Waals surface area contributed by atoms with Gasteiger partial charge in [-0.15, -0.1) is 10.2 Å². The van der Waals surface area contributed by atoms with Crippen molar-refractivity contribution in [2.45, 2.75) is 13.0 Å². The van der Waals surface area contributed by atoms with E-state index in [1.54, 1.807) is 11.7 Å². The fourth-order valence-electron chi connectivity index (χ4n) is 2.95. The van der Waals surface area contributed by atoms with Crippen LogP contribution in [0.5, 0.6) is 0 Å². The second-order valence-electron chi connectivity index (χ2n) is 5.99. The van der Waals surface area contributed by atoms with Gasteiger partial charge in [0.05, 0.1) is 4.47 Å². The van der Waals surface area contributed by atoms with Gasteiger partial charge in [-0.05, 0) is 41.1 Å². The van der Waals surface area contributed by atoms with Gasteiger partial charge in [0.15, 0.2) is 5.58 Å². The van der Waals surface area contributed by atoms with E-state index in [2.05, 4.69) is 46.6 Å². The van der Waals surface area contributed by atoms with Crippen molar-refractivity contribution in [1.29, 1.82) is 0 Å². The van der Waals surface area contributed by atoms with Crippen LogP contribution in [0.15, 0.2) is 61.6 Å². The molecular formula is C17H13BrN8OS. The maximum absolute atomic E-state index is 5.81. The van der Waals surface area contributed by atoms with Gasteiger partial charge in [0.1, 0.15) is 22.8 Å². The van der Waals surface area contributed by atoms with Gasteiger partial charge >= 0.3 is 6.01 Å². The molecular weight excluding hydrogens is 444 g/mol. The molecule has 1 aromatic carbocycles. The molecule has 9 nitrogen and oxygen atoms in total. The maximum Gasteiger partial charge on any atom is 0.302 e. The van der Waals surface area contributed by atoms with E-state index < -0.39 is 0 Å². The number of allylic oxidation sites excluding steroid dienone is 1. The Labute approximate surface area is 171 Å². The number of oxazole rings is 1. The Balaban J connectivity index is 1.57. The third kappa shape index (κ3) is 2.98. The van der Waals surface area contributed by atoms with Crippen LogP contribution in [0.3, 0.4) is 0 Å². The molecule has 3 aromatic heterocycles. The van der Waals surface area contributed by atoms with Crippen LogP contribution in [-0.4, -0.2) is 31.3 Å². The lowest BCUT2D eigenvalue weighted by molar-refractivity contribution is 0.623. The Bertz CT molecular complexity index is 1160. The van der Waals surface area contributed by atoms with Crippen LogP contribution >= 0.6 is 27.3 Å². The fraction of sp³-hybridized carbons (Fsp3) is 0.118. The van der Waals surface area contributed by atoms with E-state index in [1.165, 1.54) is 11.3 Å². The molecule has 0 saturated heterocycles. The van der Waals surface area contributed by atoms with Gasteiger partial charge in [-0.1, -0.05) is 23.5 Å². The molecule has 0 spiro atoms. The summed E-state index contributed by atoms with van der Waals surface area (Å²) in [6, 6.07) is 7.65. The Hall–Kier alpha value is -3.05. The third-order valence-corrected chi connectivity index (χ3v) is 5.49. The van der Waals surface area contributed by atoms with Crippen LogP contribution in [0, 0.1) is 0 Å². The molecule has 4 aromatic rings. The van der Waals surface area contributed by atoms with E-state index in [4.69, 9.17) is 9.41 Å². The first kappa shape index (κ1) is 17.1. The van der Waals surface area contributed by atoms with Crippen LogP contribution in [-0.2, 0) is 0 Å². The average Bonchev–Trinajstić information content (AvgIpc) is 3.41. The van der Waals surface area contributed by atoms with Gasteiger partial charge in [0.25, 0.3) is 0 Å². The summed E-state index contributed by atoms with van der Waals surface area (Å²) in [6.07, 6.45) is 3.79. The zero-order valence-electron chi connectivity index (χ0n) is 14.5. The van der Waals surface area contributed by atoms with Gasteiger partial charge in [0.2, 0.25) is 11.1 Å². The number of guanidine groups is 1. The molecule has 140 valence electrons. The molecule has 4 heterocycles. The molecule has 1 unspecified atom stereocenters. The molecule has 5 rings (SSSR count). The lowest BCUT2D eigenvalue weighted by Crippen LogP contribution is -2.38. The molecule has 0 amide bonds. The molecule has 0 aliphatic carbocycles. The number of rotatable bonds is 3. The zero-order valence-corrected chi connectivity index (χ0v) is 16.9. The van der Waals surface area contributed by atoms with E-state index in [0.29, 0.717) is 22.7 Å². The molecule has 1 aliphatic rings. The van der Waals surface area contributed by atoms with Crippen LogP contribution in [0.2, 0.25) is 0 Å². The van der Waals surface area contributed by atoms with Crippen LogP contribution in [0.1, 0.15) is 18.7 Å². The predicted molar refractivity (Wildman–Crippen MR) is 110 cm³/mol. The molecule has 28 heavy (non-hydrogen) atoms. The summed E-state index contributed by atoms with van der Waals surface area (Å²) in [6.45, 7) is 1.98. The van der Waals surface area contributed by atoms with Gasteiger partial charge in [0, 0.05) is 11.9 Å². The number of aliphatic imine (C=N–C) groups is 1. The Morgan fingerprint density at radius 3 is 2.96 bits per heavy atom. The largest absolute Gasteiger partial charge is 0.423 e. The lowest BCUT2D eigenvalue weighted by Gasteiger charge is -2.28. The number of anilines is 2. The first-order chi connectivity index (χ1) is 13.7. The van der Waals surface area contributed by atoms with Crippen molar-refractivity contribution in [3.8, 4) is 0 Å². The Morgan fingerprint density at radius 1 is 1.32 bits per heavy atom. The van der Waals surface area contributed by atoms with E-state index in [0.717, 1.165) is 21.4 Å². The number of nitrogens with zero attached hydrogens (tertiary/aromatic N) is 6.